The van der Waals surface area contributed by atoms with E-state index in [9.17, 15) is 4.79 Å². The maximum Gasteiger partial charge on any atom is 0.319 e. The van der Waals surface area contributed by atoms with Crippen LogP contribution in [0.25, 0.3) is 0 Å². The first-order valence-corrected chi connectivity index (χ1v) is 5.87. The molecule has 0 bridgehead atoms. The monoisotopic (exact) mass is 235 g/mol. The summed E-state index contributed by atoms with van der Waals surface area (Å²) < 4.78 is 0. The molecular weight excluding hydrogens is 214 g/mol. The smallest absolute Gasteiger partial charge is 0.319 e. The Labute approximate surface area is 103 Å². The zero-order valence-electron chi connectivity index (χ0n) is 10.7. The van der Waals surface area contributed by atoms with Gasteiger partial charge in [-0.1, -0.05) is 19.1 Å². The number of hydrogen-bond acceptors (Lipinski definition) is 2. The molecule has 2 amide bonds. The Morgan fingerprint density at radius 3 is 2.35 bits per heavy atom. The Morgan fingerprint density at radius 2 is 1.88 bits per heavy atom. The van der Waals surface area contributed by atoms with Gasteiger partial charge in [-0.05, 0) is 38.0 Å². The van der Waals surface area contributed by atoms with E-state index in [1.807, 2.05) is 45.0 Å². The van der Waals surface area contributed by atoms with Crippen molar-refractivity contribution in [1.82, 2.24) is 5.32 Å². The van der Waals surface area contributed by atoms with Crippen LogP contribution in [0.1, 0.15) is 32.8 Å². The highest BCUT2D eigenvalue weighted by molar-refractivity contribution is 5.89. The van der Waals surface area contributed by atoms with Crippen molar-refractivity contribution in [1.29, 1.82) is 0 Å². The van der Waals surface area contributed by atoms with E-state index >= 15 is 0 Å². The summed E-state index contributed by atoms with van der Waals surface area (Å²) in [7, 11) is 0. The molecule has 0 saturated carbocycles. The van der Waals surface area contributed by atoms with Crippen LogP contribution < -0.4 is 16.4 Å². The van der Waals surface area contributed by atoms with Crippen molar-refractivity contribution in [2.45, 2.75) is 32.7 Å². The molecule has 0 aromatic heterocycles. The zero-order chi connectivity index (χ0) is 12.9. The molecule has 0 radical (unpaired) electrons. The van der Waals surface area contributed by atoms with Crippen molar-refractivity contribution in [3.63, 3.8) is 0 Å². The van der Waals surface area contributed by atoms with E-state index in [4.69, 9.17) is 5.73 Å². The molecule has 0 saturated heterocycles. The highest BCUT2D eigenvalue weighted by atomic mass is 16.2. The fourth-order valence-corrected chi connectivity index (χ4v) is 1.40. The van der Waals surface area contributed by atoms with Crippen molar-refractivity contribution in [3.05, 3.63) is 29.8 Å². The maximum atomic E-state index is 11.4. The first-order chi connectivity index (χ1) is 7.93. The summed E-state index contributed by atoms with van der Waals surface area (Å²) in [6, 6.07) is 7.39. The lowest BCUT2D eigenvalue weighted by molar-refractivity contribution is 0.252. The number of hydrogen-bond donors (Lipinski definition) is 3. The molecule has 0 unspecified atom stereocenters. The van der Waals surface area contributed by atoms with Gasteiger partial charge in [-0.15, -0.1) is 0 Å². The lowest BCUT2D eigenvalue weighted by atomic mass is 9.96. The summed E-state index contributed by atoms with van der Waals surface area (Å²) in [6.45, 7) is 6.59. The van der Waals surface area contributed by atoms with Crippen LogP contribution in [0.15, 0.2) is 24.3 Å². The number of carbonyl (C=O) groups is 1. The Balaban J connectivity index is 2.60. The van der Waals surface area contributed by atoms with Crippen LogP contribution in [0, 0.1) is 0 Å². The lowest BCUT2D eigenvalue weighted by Crippen LogP contribution is -2.30. The Bertz CT molecular complexity index is 365. The second-order valence-corrected chi connectivity index (χ2v) is 4.68. The fraction of sp³-hybridized carbons (Fsp3) is 0.462. The van der Waals surface area contributed by atoms with Crippen LogP contribution in [-0.4, -0.2) is 12.6 Å². The number of nitrogens with one attached hydrogen (secondary N) is 2. The molecule has 0 aliphatic carbocycles. The number of amides is 2. The summed E-state index contributed by atoms with van der Waals surface area (Å²) in [6.07, 6.45) is 0.924. The quantitative estimate of drug-likeness (QED) is 0.750. The van der Waals surface area contributed by atoms with E-state index in [0.717, 1.165) is 17.7 Å². The van der Waals surface area contributed by atoms with Gasteiger partial charge in [0.1, 0.15) is 0 Å². The van der Waals surface area contributed by atoms with Gasteiger partial charge in [0.05, 0.1) is 0 Å². The molecule has 4 N–H and O–H groups in total. The normalized spacial score (nSPS) is 11.1. The summed E-state index contributed by atoms with van der Waals surface area (Å²) in [4.78, 5) is 11.4. The third kappa shape index (κ3) is 4.44. The van der Waals surface area contributed by atoms with Crippen LogP contribution in [0.3, 0.4) is 0 Å². The molecule has 0 aliphatic heterocycles. The molecule has 17 heavy (non-hydrogen) atoms. The topological polar surface area (TPSA) is 67.2 Å². The molecule has 0 atom stereocenters. The van der Waals surface area contributed by atoms with Crippen molar-refractivity contribution in [2.24, 2.45) is 5.73 Å². The second-order valence-electron chi connectivity index (χ2n) is 4.68. The average molecular weight is 235 g/mol. The Morgan fingerprint density at radius 1 is 1.29 bits per heavy atom. The van der Waals surface area contributed by atoms with E-state index in [0.29, 0.717) is 6.54 Å². The Hall–Kier alpha value is -1.55. The predicted octanol–water partition coefficient (Wildman–Crippen LogP) is 2.41. The molecule has 0 aliphatic rings. The van der Waals surface area contributed by atoms with Crippen LogP contribution in [-0.2, 0) is 5.54 Å². The fourth-order valence-electron chi connectivity index (χ4n) is 1.40. The molecule has 0 spiro atoms. The summed E-state index contributed by atoms with van der Waals surface area (Å²) >= 11 is 0. The van der Waals surface area contributed by atoms with Crippen molar-refractivity contribution >= 4 is 11.7 Å². The van der Waals surface area contributed by atoms with E-state index in [1.165, 1.54) is 0 Å². The molecule has 4 nitrogen and oxygen atoms in total. The molecule has 1 aromatic rings. The van der Waals surface area contributed by atoms with Gasteiger partial charge in [0.2, 0.25) is 0 Å². The number of rotatable bonds is 4. The van der Waals surface area contributed by atoms with Crippen LogP contribution in [0.2, 0.25) is 0 Å². The number of benzene rings is 1. The minimum Gasteiger partial charge on any atom is -0.338 e. The van der Waals surface area contributed by atoms with E-state index in [1.54, 1.807) is 0 Å². The van der Waals surface area contributed by atoms with Gasteiger partial charge in [0, 0.05) is 17.8 Å². The third-order valence-electron chi connectivity index (χ3n) is 2.42. The second kappa shape index (κ2) is 5.68. The summed E-state index contributed by atoms with van der Waals surface area (Å²) in [5, 5.41) is 5.52. The van der Waals surface area contributed by atoms with Crippen molar-refractivity contribution in [2.75, 3.05) is 11.9 Å². The van der Waals surface area contributed by atoms with E-state index in [-0.39, 0.29) is 11.6 Å². The van der Waals surface area contributed by atoms with Gasteiger partial charge in [-0.25, -0.2) is 4.79 Å². The molecule has 94 valence electrons. The average Bonchev–Trinajstić information content (AvgIpc) is 2.26. The van der Waals surface area contributed by atoms with Gasteiger partial charge in [-0.3, -0.25) is 0 Å². The van der Waals surface area contributed by atoms with Gasteiger partial charge >= 0.3 is 6.03 Å². The highest BCUT2D eigenvalue weighted by Gasteiger charge is 2.13. The van der Waals surface area contributed by atoms with Crippen molar-refractivity contribution < 1.29 is 4.79 Å². The van der Waals surface area contributed by atoms with E-state index < -0.39 is 0 Å². The first kappa shape index (κ1) is 13.5. The molecular formula is C13H21N3O. The minimum atomic E-state index is -0.358. The summed E-state index contributed by atoms with van der Waals surface area (Å²) in [5.74, 6) is 0. The molecule has 0 heterocycles. The Kier molecular flexibility index (Phi) is 4.52. The summed E-state index contributed by atoms with van der Waals surface area (Å²) in [5.41, 5.74) is 7.42. The molecule has 1 aromatic carbocycles. The van der Waals surface area contributed by atoms with Gasteiger partial charge in [0.25, 0.3) is 0 Å². The molecule has 0 fully saturated rings. The largest absolute Gasteiger partial charge is 0.338 e. The highest BCUT2D eigenvalue weighted by Crippen LogP contribution is 2.18. The van der Waals surface area contributed by atoms with Gasteiger partial charge in [0.15, 0.2) is 0 Å². The number of urea groups is 1. The van der Waals surface area contributed by atoms with Crippen LogP contribution >= 0.6 is 0 Å². The van der Waals surface area contributed by atoms with E-state index in [2.05, 4.69) is 10.6 Å². The van der Waals surface area contributed by atoms with Gasteiger partial charge < -0.3 is 16.4 Å². The number of anilines is 1. The lowest BCUT2D eigenvalue weighted by Gasteiger charge is -2.19. The minimum absolute atomic E-state index is 0.174. The van der Waals surface area contributed by atoms with Crippen molar-refractivity contribution in [3.8, 4) is 0 Å². The third-order valence-corrected chi connectivity index (χ3v) is 2.42. The van der Waals surface area contributed by atoms with Crippen LogP contribution in [0.5, 0.6) is 0 Å². The molecule has 1 rings (SSSR count). The standard InChI is InChI=1S/C13H21N3O/c1-4-9-15-12(17)16-11-7-5-10(6-8-11)13(2,3)14/h5-8H,4,9,14H2,1-3H3,(H2,15,16,17). The van der Waals surface area contributed by atoms with Gasteiger partial charge in [-0.2, -0.15) is 0 Å². The predicted molar refractivity (Wildman–Crippen MR) is 71.0 cm³/mol. The molecule has 4 heteroatoms. The first-order valence-electron chi connectivity index (χ1n) is 5.87. The zero-order valence-corrected chi connectivity index (χ0v) is 10.7. The number of nitrogens with two attached hydrogens (primary N) is 1. The number of carbonyl (C=O) groups excluding carboxylic acids is 1. The maximum absolute atomic E-state index is 11.4. The van der Waals surface area contributed by atoms with Crippen LogP contribution in [0.4, 0.5) is 10.5 Å². The SMILES string of the molecule is CCCNC(=O)Nc1ccc(C(C)(C)N)cc1.